The first-order chi connectivity index (χ1) is 9.20. The van der Waals surface area contributed by atoms with E-state index in [1.807, 2.05) is 24.4 Å². The van der Waals surface area contributed by atoms with Crippen molar-refractivity contribution in [2.45, 2.75) is 32.4 Å². The van der Waals surface area contributed by atoms with Crippen molar-refractivity contribution >= 4 is 11.6 Å². The van der Waals surface area contributed by atoms with Gasteiger partial charge in [0.25, 0.3) is 0 Å². The van der Waals surface area contributed by atoms with E-state index in [1.165, 1.54) is 11.1 Å². The summed E-state index contributed by atoms with van der Waals surface area (Å²) < 4.78 is 0. The molecule has 1 N–H and O–H groups in total. The van der Waals surface area contributed by atoms with Crippen LogP contribution >= 0.6 is 11.6 Å². The Morgan fingerprint density at radius 2 is 1.89 bits per heavy atom. The summed E-state index contributed by atoms with van der Waals surface area (Å²) in [6.45, 7) is 4.35. The summed E-state index contributed by atoms with van der Waals surface area (Å²) in [5.41, 5.74) is 2.47. The van der Waals surface area contributed by atoms with Crippen molar-refractivity contribution in [3.05, 3.63) is 64.9 Å². The molecule has 19 heavy (non-hydrogen) atoms. The summed E-state index contributed by atoms with van der Waals surface area (Å²) in [4.78, 5) is 4.17. The zero-order valence-electron chi connectivity index (χ0n) is 11.3. The molecule has 0 saturated heterocycles. The Bertz CT molecular complexity index is 496. The first-order valence-corrected chi connectivity index (χ1v) is 7.00. The Hall–Kier alpha value is -1.38. The molecule has 100 valence electrons. The minimum atomic E-state index is 0.273. The lowest BCUT2D eigenvalue weighted by atomic mass is 10.0. The first-order valence-electron chi connectivity index (χ1n) is 6.62. The number of benzene rings is 1. The van der Waals surface area contributed by atoms with Crippen LogP contribution in [0.5, 0.6) is 0 Å². The van der Waals surface area contributed by atoms with Gasteiger partial charge in [0.2, 0.25) is 0 Å². The highest BCUT2D eigenvalue weighted by Crippen LogP contribution is 2.23. The van der Waals surface area contributed by atoms with Crippen molar-refractivity contribution < 1.29 is 0 Å². The van der Waals surface area contributed by atoms with Crippen LogP contribution in [-0.2, 0) is 0 Å². The van der Waals surface area contributed by atoms with Gasteiger partial charge in [0, 0.05) is 29.5 Å². The third-order valence-electron chi connectivity index (χ3n) is 3.32. The van der Waals surface area contributed by atoms with E-state index in [4.69, 9.17) is 11.6 Å². The van der Waals surface area contributed by atoms with Gasteiger partial charge in [-0.1, -0.05) is 36.7 Å². The SMILES string of the molecule is CCC(N[C@H](C)c1cccnc1)c1ccc(Cl)cc1. The number of nitrogens with zero attached hydrogens (tertiary/aromatic N) is 1. The zero-order valence-corrected chi connectivity index (χ0v) is 12.1. The molecule has 1 heterocycles. The normalized spacial score (nSPS) is 14.1. The molecule has 0 radical (unpaired) electrons. The molecule has 0 aliphatic rings. The van der Waals surface area contributed by atoms with Gasteiger partial charge in [0.1, 0.15) is 0 Å². The molecule has 0 fully saturated rings. The average molecular weight is 275 g/mol. The van der Waals surface area contributed by atoms with E-state index >= 15 is 0 Å². The highest BCUT2D eigenvalue weighted by molar-refractivity contribution is 6.30. The summed E-state index contributed by atoms with van der Waals surface area (Å²) in [7, 11) is 0. The van der Waals surface area contributed by atoms with Gasteiger partial charge in [0.15, 0.2) is 0 Å². The highest BCUT2D eigenvalue weighted by Gasteiger charge is 2.13. The number of pyridine rings is 1. The average Bonchev–Trinajstić information content (AvgIpc) is 2.46. The summed E-state index contributed by atoms with van der Waals surface area (Å²) in [6, 6.07) is 12.7. The van der Waals surface area contributed by atoms with E-state index in [-0.39, 0.29) is 6.04 Å². The molecule has 2 atom stereocenters. The molecule has 0 aliphatic heterocycles. The number of hydrogen-bond donors (Lipinski definition) is 1. The summed E-state index contributed by atoms with van der Waals surface area (Å²) >= 11 is 5.93. The predicted octanol–water partition coefficient (Wildman–Crippen LogP) is 4.54. The Labute approximate surface area is 119 Å². The molecule has 0 bridgehead atoms. The Kier molecular flexibility index (Phi) is 4.94. The molecule has 2 rings (SSSR count). The topological polar surface area (TPSA) is 24.9 Å². The minimum Gasteiger partial charge on any atom is -0.303 e. The van der Waals surface area contributed by atoms with Gasteiger partial charge in [-0.05, 0) is 42.7 Å². The van der Waals surface area contributed by atoms with Crippen LogP contribution in [0.3, 0.4) is 0 Å². The van der Waals surface area contributed by atoms with Crippen LogP contribution in [0.2, 0.25) is 5.02 Å². The molecule has 1 unspecified atom stereocenters. The largest absolute Gasteiger partial charge is 0.303 e. The smallest absolute Gasteiger partial charge is 0.0406 e. The Morgan fingerprint density at radius 3 is 2.47 bits per heavy atom. The lowest BCUT2D eigenvalue weighted by Gasteiger charge is -2.23. The molecule has 2 nitrogen and oxygen atoms in total. The molecule has 0 amide bonds. The maximum atomic E-state index is 5.93. The number of hydrogen-bond acceptors (Lipinski definition) is 2. The summed E-state index contributed by atoms with van der Waals surface area (Å²) in [5, 5.41) is 4.41. The fraction of sp³-hybridized carbons (Fsp3) is 0.312. The summed E-state index contributed by atoms with van der Waals surface area (Å²) in [6.07, 6.45) is 4.74. The van der Waals surface area contributed by atoms with Crippen LogP contribution in [0.25, 0.3) is 0 Å². The van der Waals surface area contributed by atoms with Crippen molar-refractivity contribution in [2.75, 3.05) is 0 Å². The van der Waals surface area contributed by atoms with Gasteiger partial charge in [-0.25, -0.2) is 0 Å². The molecular formula is C16H19ClN2. The maximum Gasteiger partial charge on any atom is 0.0406 e. The second kappa shape index (κ2) is 6.69. The molecule has 1 aromatic carbocycles. The fourth-order valence-corrected chi connectivity index (χ4v) is 2.30. The minimum absolute atomic E-state index is 0.273. The van der Waals surface area contributed by atoms with Crippen molar-refractivity contribution in [3.8, 4) is 0 Å². The monoisotopic (exact) mass is 274 g/mol. The lowest BCUT2D eigenvalue weighted by Crippen LogP contribution is -2.24. The fourth-order valence-electron chi connectivity index (χ4n) is 2.17. The molecule has 3 heteroatoms. The molecule has 0 aliphatic carbocycles. The molecular weight excluding hydrogens is 256 g/mol. The van der Waals surface area contributed by atoms with Crippen molar-refractivity contribution in [2.24, 2.45) is 0 Å². The van der Waals surface area contributed by atoms with Gasteiger partial charge >= 0.3 is 0 Å². The Morgan fingerprint density at radius 1 is 1.16 bits per heavy atom. The van der Waals surface area contributed by atoms with Crippen molar-refractivity contribution in [3.63, 3.8) is 0 Å². The van der Waals surface area contributed by atoms with E-state index in [1.54, 1.807) is 6.20 Å². The van der Waals surface area contributed by atoms with E-state index < -0.39 is 0 Å². The van der Waals surface area contributed by atoms with E-state index in [0.29, 0.717) is 6.04 Å². The zero-order chi connectivity index (χ0) is 13.7. The van der Waals surface area contributed by atoms with E-state index in [2.05, 4.69) is 42.3 Å². The van der Waals surface area contributed by atoms with Crippen LogP contribution in [0.4, 0.5) is 0 Å². The molecule has 2 aromatic rings. The lowest BCUT2D eigenvalue weighted by molar-refractivity contribution is 0.456. The van der Waals surface area contributed by atoms with Crippen molar-refractivity contribution in [1.82, 2.24) is 10.3 Å². The van der Waals surface area contributed by atoms with E-state index in [9.17, 15) is 0 Å². The first kappa shape index (κ1) is 14.0. The third-order valence-corrected chi connectivity index (χ3v) is 3.57. The van der Waals surface area contributed by atoms with Gasteiger partial charge < -0.3 is 5.32 Å². The van der Waals surface area contributed by atoms with E-state index in [0.717, 1.165) is 11.4 Å². The standard InChI is InChI=1S/C16H19ClN2/c1-3-16(13-6-8-15(17)9-7-13)19-12(2)14-5-4-10-18-11-14/h4-12,16,19H,3H2,1-2H3/t12-,16?/m1/s1. The highest BCUT2D eigenvalue weighted by atomic mass is 35.5. The predicted molar refractivity (Wildman–Crippen MR) is 80.3 cm³/mol. The Balaban J connectivity index is 2.09. The van der Waals surface area contributed by atoms with Crippen LogP contribution in [0.1, 0.15) is 43.5 Å². The van der Waals surface area contributed by atoms with Crippen LogP contribution < -0.4 is 5.32 Å². The van der Waals surface area contributed by atoms with Gasteiger partial charge in [-0.3, -0.25) is 4.98 Å². The molecule has 0 saturated carbocycles. The molecule has 1 aromatic heterocycles. The summed E-state index contributed by atoms with van der Waals surface area (Å²) in [5.74, 6) is 0. The van der Waals surface area contributed by atoms with Crippen LogP contribution in [-0.4, -0.2) is 4.98 Å². The molecule has 0 spiro atoms. The maximum absolute atomic E-state index is 5.93. The second-order valence-corrected chi connectivity index (χ2v) is 5.12. The third kappa shape index (κ3) is 3.79. The second-order valence-electron chi connectivity index (χ2n) is 4.69. The number of rotatable bonds is 5. The van der Waals surface area contributed by atoms with Gasteiger partial charge in [-0.2, -0.15) is 0 Å². The van der Waals surface area contributed by atoms with Crippen LogP contribution in [0, 0.1) is 0 Å². The van der Waals surface area contributed by atoms with Crippen molar-refractivity contribution in [1.29, 1.82) is 0 Å². The van der Waals surface area contributed by atoms with Gasteiger partial charge in [0.05, 0.1) is 0 Å². The number of nitrogens with one attached hydrogen (secondary N) is 1. The van der Waals surface area contributed by atoms with Gasteiger partial charge in [-0.15, -0.1) is 0 Å². The number of halogens is 1. The number of aromatic nitrogens is 1. The quantitative estimate of drug-likeness (QED) is 0.866. The van der Waals surface area contributed by atoms with Crippen LogP contribution in [0.15, 0.2) is 48.8 Å².